The SMILES string of the molecule is CNS(=O)(=O)c1ccc(CCC(=O)N[C@H](C)c2ccccc2)cc1. The van der Waals surface area contributed by atoms with Gasteiger partial charge in [0.15, 0.2) is 0 Å². The van der Waals surface area contributed by atoms with Crippen LogP contribution in [0.25, 0.3) is 0 Å². The van der Waals surface area contributed by atoms with Gasteiger partial charge in [-0.3, -0.25) is 4.79 Å². The molecule has 0 aliphatic heterocycles. The quantitative estimate of drug-likeness (QED) is 0.808. The van der Waals surface area contributed by atoms with Crippen molar-refractivity contribution in [2.75, 3.05) is 7.05 Å². The van der Waals surface area contributed by atoms with Crippen LogP contribution in [0.3, 0.4) is 0 Å². The normalized spacial score (nSPS) is 12.6. The molecule has 2 aromatic carbocycles. The fourth-order valence-corrected chi connectivity index (χ4v) is 3.08. The van der Waals surface area contributed by atoms with Crippen molar-refractivity contribution in [1.82, 2.24) is 10.0 Å². The molecule has 0 saturated heterocycles. The van der Waals surface area contributed by atoms with Crippen molar-refractivity contribution in [3.63, 3.8) is 0 Å². The number of sulfonamides is 1. The Morgan fingerprint density at radius 3 is 2.25 bits per heavy atom. The number of carbonyl (C=O) groups is 1. The van der Waals surface area contributed by atoms with Gasteiger partial charge >= 0.3 is 0 Å². The minimum Gasteiger partial charge on any atom is -0.350 e. The Morgan fingerprint density at radius 2 is 1.67 bits per heavy atom. The molecular formula is C18H22N2O3S. The Hall–Kier alpha value is -2.18. The van der Waals surface area contributed by atoms with Gasteiger partial charge in [-0.25, -0.2) is 13.1 Å². The Labute approximate surface area is 143 Å². The van der Waals surface area contributed by atoms with Crippen LogP contribution >= 0.6 is 0 Å². The average Bonchev–Trinajstić information content (AvgIpc) is 2.61. The second-order valence-corrected chi connectivity index (χ2v) is 7.44. The highest BCUT2D eigenvalue weighted by molar-refractivity contribution is 7.89. The molecule has 0 aliphatic carbocycles. The van der Waals surface area contributed by atoms with Crippen LogP contribution in [0.2, 0.25) is 0 Å². The summed E-state index contributed by atoms with van der Waals surface area (Å²) in [5.41, 5.74) is 1.99. The monoisotopic (exact) mass is 346 g/mol. The topological polar surface area (TPSA) is 75.3 Å². The van der Waals surface area contributed by atoms with Crippen molar-refractivity contribution in [2.24, 2.45) is 0 Å². The largest absolute Gasteiger partial charge is 0.350 e. The summed E-state index contributed by atoms with van der Waals surface area (Å²) in [6.07, 6.45) is 0.919. The zero-order valence-electron chi connectivity index (χ0n) is 13.8. The van der Waals surface area contributed by atoms with E-state index < -0.39 is 10.0 Å². The lowest BCUT2D eigenvalue weighted by Crippen LogP contribution is -2.26. The zero-order chi connectivity index (χ0) is 17.6. The molecule has 0 spiro atoms. The Morgan fingerprint density at radius 1 is 1.04 bits per heavy atom. The summed E-state index contributed by atoms with van der Waals surface area (Å²) < 4.78 is 25.6. The number of aryl methyl sites for hydroxylation is 1. The molecule has 0 heterocycles. The van der Waals surface area contributed by atoms with Crippen molar-refractivity contribution in [3.8, 4) is 0 Å². The van der Waals surface area contributed by atoms with Crippen LogP contribution in [-0.2, 0) is 21.2 Å². The molecule has 0 saturated carbocycles. The van der Waals surface area contributed by atoms with E-state index >= 15 is 0 Å². The molecular weight excluding hydrogens is 324 g/mol. The summed E-state index contributed by atoms with van der Waals surface area (Å²) in [6.45, 7) is 1.95. The summed E-state index contributed by atoms with van der Waals surface area (Å²) in [7, 11) is -2.05. The van der Waals surface area contributed by atoms with Crippen LogP contribution in [0.15, 0.2) is 59.5 Å². The first kappa shape index (κ1) is 18.2. The van der Waals surface area contributed by atoms with Gasteiger partial charge in [0.2, 0.25) is 15.9 Å². The summed E-state index contributed by atoms with van der Waals surface area (Å²) in [4.78, 5) is 12.3. The third kappa shape index (κ3) is 4.91. The zero-order valence-corrected chi connectivity index (χ0v) is 14.6. The third-order valence-electron chi connectivity index (χ3n) is 3.82. The molecule has 1 atom stereocenters. The van der Waals surface area contributed by atoms with Crippen molar-refractivity contribution in [1.29, 1.82) is 0 Å². The average molecular weight is 346 g/mol. The van der Waals surface area contributed by atoms with Gasteiger partial charge in [-0.05, 0) is 43.7 Å². The van der Waals surface area contributed by atoms with Crippen LogP contribution in [0.1, 0.15) is 30.5 Å². The van der Waals surface area contributed by atoms with Gasteiger partial charge in [0.25, 0.3) is 0 Å². The van der Waals surface area contributed by atoms with Crippen LogP contribution in [0.4, 0.5) is 0 Å². The second-order valence-electron chi connectivity index (χ2n) is 5.55. The van der Waals surface area contributed by atoms with Gasteiger partial charge in [0.1, 0.15) is 0 Å². The van der Waals surface area contributed by atoms with Gasteiger partial charge < -0.3 is 5.32 Å². The first-order chi connectivity index (χ1) is 11.4. The van der Waals surface area contributed by atoms with E-state index in [4.69, 9.17) is 0 Å². The highest BCUT2D eigenvalue weighted by atomic mass is 32.2. The van der Waals surface area contributed by atoms with E-state index in [1.807, 2.05) is 37.3 Å². The molecule has 0 aromatic heterocycles. The minimum absolute atomic E-state index is 0.0294. The molecule has 2 rings (SSSR count). The number of benzene rings is 2. The summed E-state index contributed by atoms with van der Waals surface area (Å²) in [5.74, 6) is -0.0294. The lowest BCUT2D eigenvalue weighted by atomic mass is 10.1. The number of nitrogens with one attached hydrogen (secondary N) is 2. The number of rotatable bonds is 7. The van der Waals surface area contributed by atoms with Crippen LogP contribution in [0, 0.1) is 0 Å². The molecule has 5 nitrogen and oxygen atoms in total. The third-order valence-corrected chi connectivity index (χ3v) is 5.25. The molecule has 0 aliphatic rings. The molecule has 1 amide bonds. The standard InChI is InChI=1S/C18H22N2O3S/c1-14(16-6-4-3-5-7-16)20-18(21)13-10-15-8-11-17(12-9-15)24(22,23)19-2/h3-9,11-12,14,19H,10,13H2,1-2H3,(H,20,21)/t14-/m1/s1. The number of carbonyl (C=O) groups excluding carboxylic acids is 1. The molecule has 2 aromatic rings. The predicted octanol–water partition coefficient (Wildman–Crippen LogP) is 2.40. The Balaban J connectivity index is 1.88. The Bertz CT molecular complexity index is 772. The molecule has 0 radical (unpaired) electrons. The molecule has 0 fully saturated rings. The van der Waals surface area contributed by atoms with E-state index in [-0.39, 0.29) is 16.8 Å². The first-order valence-electron chi connectivity index (χ1n) is 7.79. The fraction of sp³-hybridized carbons (Fsp3) is 0.278. The number of amides is 1. The van der Waals surface area contributed by atoms with Gasteiger partial charge in [-0.1, -0.05) is 42.5 Å². The van der Waals surface area contributed by atoms with Gasteiger partial charge in [-0.15, -0.1) is 0 Å². The van der Waals surface area contributed by atoms with Crippen LogP contribution < -0.4 is 10.0 Å². The maximum absolute atomic E-state index is 12.1. The summed E-state index contributed by atoms with van der Waals surface area (Å²) >= 11 is 0. The highest BCUT2D eigenvalue weighted by Crippen LogP contribution is 2.13. The van der Waals surface area contributed by atoms with Gasteiger partial charge in [-0.2, -0.15) is 0 Å². The fourth-order valence-electron chi connectivity index (χ4n) is 2.35. The molecule has 128 valence electrons. The number of hydrogen-bond donors (Lipinski definition) is 2. The summed E-state index contributed by atoms with van der Waals surface area (Å²) in [5, 5.41) is 2.97. The summed E-state index contributed by atoms with van der Waals surface area (Å²) in [6, 6.07) is 16.3. The molecule has 2 N–H and O–H groups in total. The van der Waals surface area contributed by atoms with E-state index in [9.17, 15) is 13.2 Å². The van der Waals surface area contributed by atoms with Gasteiger partial charge in [0.05, 0.1) is 10.9 Å². The molecule has 0 unspecified atom stereocenters. The van der Waals surface area contributed by atoms with Crippen LogP contribution in [-0.4, -0.2) is 21.4 Å². The highest BCUT2D eigenvalue weighted by Gasteiger charge is 2.12. The minimum atomic E-state index is -3.42. The van der Waals surface area contributed by atoms with Crippen molar-refractivity contribution in [3.05, 3.63) is 65.7 Å². The lowest BCUT2D eigenvalue weighted by Gasteiger charge is -2.14. The molecule has 0 bridgehead atoms. The van der Waals surface area contributed by atoms with Gasteiger partial charge in [0, 0.05) is 6.42 Å². The molecule has 24 heavy (non-hydrogen) atoms. The van der Waals surface area contributed by atoms with E-state index in [2.05, 4.69) is 10.0 Å². The van der Waals surface area contributed by atoms with Crippen molar-refractivity contribution < 1.29 is 13.2 Å². The molecule has 6 heteroatoms. The van der Waals surface area contributed by atoms with Crippen molar-refractivity contribution in [2.45, 2.75) is 30.7 Å². The van der Waals surface area contributed by atoms with Crippen molar-refractivity contribution >= 4 is 15.9 Å². The Kier molecular flexibility index (Phi) is 6.11. The van der Waals surface area contributed by atoms with E-state index in [1.54, 1.807) is 24.3 Å². The predicted molar refractivity (Wildman–Crippen MR) is 94.0 cm³/mol. The first-order valence-corrected chi connectivity index (χ1v) is 9.27. The van der Waals surface area contributed by atoms with E-state index in [1.165, 1.54) is 7.05 Å². The maximum Gasteiger partial charge on any atom is 0.240 e. The number of hydrogen-bond acceptors (Lipinski definition) is 3. The maximum atomic E-state index is 12.1. The lowest BCUT2D eigenvalue weighted by molar-refractivity contribution is -0.121. The van der Waals surface area contributed by atoms with Crippen LogP contribution in [0.5, 0.6) is 0 Å². The second kappa shape index (κ2) is 8.08. The van der Waals surface area contributed by atoms with E-state index in [0.717, 1.165) is 11.1 Å². The van der Waals surface area contributed by atoms with E-state index in [0.29, 0.717) is 12.8 Å². The smallest absolute Gasteiger partial charge is 0.240 e.